The molecule has 0 aliphatic rings. The number of carbonyl (C=O) groups is 1. The Morgan fingerprint density at radius 3 is 2.25 bits per heavy atom. The van der Waals surface area contributed by atoms with Crippen LogP contribution in [0.5, 0.6) is 17.2 Å². The van der Waals surface area contributed by atoms with Gasteiger partial charge in [-0.3, -0.25) is 4.79 Å². The van der Waals surface area contributed by atoms with Gasteiger partial charge >= 0.3 is 0 Å². The first-order valence-corrected chi connectivity index (χ1v) is 7.19. The van der Waals surface area contributed by atoms with Crippen molar-refractivity contribution in [3.8, 4) is 17.2 Å². The molecule has 1 aromatic heterocycles. The summed E-state index contributed by atoms with van der Waals surface area (Å²) in [5, 5.41) is 2.62. The van der Waals surface area contributed by atoms with E-state index in [1.807, 2.05) is 0 Å². The summed E-state index contributed by atoms with van der Waals surface area (Å²) in [6, 6.07) is 4.68. The lowest BCUT2D eigenvalue weighted by Gasteiger charge is -2.14. The predicted octanol–water partition coefficient (Wildman–Crippen LogP) is 2.48. The van der Waals surface area contributed by atoms with Crippen molar-refractivity contribution in [3.05, 3.63) is 47.0 Å². The van der Waals surface area contributed by atoms with Gasteiger partial charge in [0.25, 0.3) is 5.91 Å². The summed E-state index contributed by atoms with van der Waals surface area (Å²) in [6.45, 7) is 1.86. The van der Waals surface area contributed by atoms with E-state index in [-0.39, 0.29) is 12.2 Å². The number of hydrogen-bond acceptors (Lipinski definition) is 5. The summed E-state index contributed by atoms with van der Waals surface area (Å²) < 4.78 is 29.5. The summed E-state index contributed by atoms with van der Waals surface area (Å²) in [5.41, 5.74) is 1.12. The number of nitrogens with zero attached hydrogens (tertiary/aromatic N) is 1. The van der Waals surface area contributed by atoms with Gasteiger partial charge in [-0.05, 0) is 36.2 Å². The van der Waals surface area contributed by atoms with Crippen molar-refractivity contribution in [3.63, 3.8) is 0 Å². The molecule has 0 spiro atoms. The highest BCUT2D eigenvalue weighted by Crippen LogP contribution is 2.38. The highest BCUT2D eigenvalue weighted by atomic mass is 19.1. The van der Waals surface area contributed by atoms with Crippen molar-refractivity contribution < 1.29 is 23.4 Å². The van der Waals surface area contributed by atoms with Gasteiger partial charge in [-0.15, -0.1) is 0 Å². The average Bonchev–Trinajstić information content (AvgIpc) is 2.58. The minimum Gasteiger partial charge on any atom is -0.493 e. The number of pyridine rings is 1. The zero-order valence-electron chi connectivity index (χ0n) is 14.0. The van der Waals surface area contributed by atoms with Gasteiger partial charge in [-0.2, -0.15) is 0 Å². The van der Waals surface area contributed by atoms with Crippen LogP contribution in [0.4, 0.5) is 4.39 Å². The Hall–Kier alpha value is -2.83. The van der Waals surface area contributed by atoms with Gasteiger partial charge in [-0.1, -0.05) is 0 Å². The van der Waals surface area contributed by atoms with E-state index >= 15 is 0 Å². The maximum Gasteiger partial charge on any atom is 0.273 e. The lowest BCUT2D eigenvalue weighted by Crippen LogP contribution is -2.25. The molecular formula is C17H19FN2O4. The number of aromatic nitrogens is 1. The molecule has 2 aromatic rings. The van der Waals surface area contributed by atoms with Gasteiger partial charge in [0, 0.05) is 12.7 Å². The molecule has 0 saturated carbocycles. The fourth-order valence-corrected chi connectivity index (χ4v) is 2.20. The second kappa shape index (κ2) is 7.63. The smallest absolute Gasteiger partial charge is 0.273 e. The number of methoxy groups -OCH3 is 3. The Labute approximate surface area is 139 Å². The van der Waals surface area contributed by atoms with Gasteiger partial charge in [0.15, 0.2) is 23.0 Å². The third-order valence-electron chi connectivity index (χ3n) is 3.37. The van der Waals surface area contributed by atoms with Crippen molar-refractivity contribution in [2.75, 3.05) is 21.3 Å². The molecule has 0 unspecified atom stereocenters. The van der Waals surface area contributed by atoms with Gasteiger partial charge in [0.1, 0.15) is 0 Å². The largest absolute Gasteiger partial charge is 0.493 e. The Balaban J connectivity index is 2.18. The number of amides is 1. The van der Waals surface area contributed by atoms with E-state index in [2.05, 4.69) is 10.3 Å². The molecule has 0 atom stereocenters. The predicted molar refractivity (Wildman–Crippen MR) is 86.2 cm³/mol. The molecule has 0 bridgehead atoms. The van der Waals surface area contributed by atoms with Gasteiger partial charge in [0.2, 0.25) is 5.75 Å². The third-order valence-corrected chi connectivity index (χ3v) is 3.37. The van der Waals surface area contributed by atoms with Crippen LogP contribution < -0.4 is 19.5 Å². The van der Waals surface area contributed by atoms with Crippen LogP contribution in [0.2, 0.25) is 0 Å². The molecule has 6 nitrogen and oxygen atoms in total. The Kier molecular flexibility index (Phi) is 5.57. The van der Waals surface area contributed by atoms with Crippen molar-refractivity contribution in [1.82, 2.24) is 10.3 Å². The number of benzene rings is 1. The second-order valence-corrected chi connectivity index (χ2v) is 5.06. The summed E-state index contributed by atoms with van der Waals surface area (Å²) in [7, 11) is 4.52. The number of carbonyl (C=O) groups excluding carboxylic acids is 1. The summed E-state index contributed by atoms with van der Waals surface area (Å²) in [4.78, 5) is 15.9. The molecule has 128 valence electrons. The van der Waals surface area contributed by atoms with Crippen molar-refractivity contribution >= 4 is 5.91 Å². The van der Waals surface area contributed by atoms with Crippen LogP contribution in [0, 0.1) is 12.7 Å². The number of hydrogen-bond donors (Lipinski definition) is 1. The molecule has 0 radical (unpaired) electrons. The number of halogens is 1. The maximum atomic E-state index is 13.8. The maximum absolute atomic E-state index is 13.8. The van der Waals surface area contributed by atoms with Crippen LogP contribution in [-0.2, 0) is 6.54 Å². The number of rotatable bonds is 6. The Morgan fingerprint density at radius 1 is 1.12 bits per heavy atom. The second-order valence-electron chi connectivity index (χ2n) is 5.06. The molecule has 1 N–H and O–H groups in total. The van der Waals surface area contributed by atoms with Crippen LogP contribution in [0.3, 0.4) is 0 Å². The lowest BCUT2D eigenvalue weighted by molar-refractivity contribution is 0.0941. The van der Waals surface area contributed by atoms with Crippen LogP contribution >= 0.6 is 0 Å². The third kappa shape index (κ3) is 3.73. The number of aryl methyl sites for hydroxylation is 1. The van der Waals surface area contributed by atoms with Crippen LogP contribution in [0.25, 0.3) is 0 Å². The molecule has 1 heterocycles. The molecular weight excluding hydrogens is 315 g/mol. The lowest BCUT2D eigenvalue weighted by atomic mass is 10.1. The monoisotopic (exact) mass is 334 g/mol. The zero-order chi connectivity index (χ0) is 17.7. The summed E-state index contributed by atoms with van der Waals surface area (Å²) >= 11 is 0. The highest BCUT2D eigenvalue weighted by Gasteiger charge is 2.16. The molecule has 0 fully saturated rings. The summed E-state index contributed by atoms with van der Waals surface area (Å²) in [6.07, 6.45) is 1.44. The van der Waals surface area contributed by atoms with E-state index in [0.717, 1.165) is 0 Å². The molecule has 0 aliphatic carbocycles. The first-order chi connectivity index (χ1) is 11.5. The first-order valence-electron chi connectivity index (χ1n) is 7.19. The molecule has 0 saturated heterocycles. The van der Waals surface area contributed by atoms with Crippen molar-refractivity contribution in [2.45, 2.75) is 13.5 Å². The molecule has 2 rings (SSSR count). The summed E-state index contributed by atoms with van der Waals surface area (Å²) in [5.74, 6) is 0.154. The quantitative estimate of drug-likeness (QED) is 0.879. The van der Waals surface area contributed by atoms with Crippen molar-refractivity contribution in [1.29, 1.82) is 0 Å². The van der Waals surface area contributed by atoms with E-state index in [1.165, 1.54) is 33.6 Å². The molecule has 0 aliphatic heterocycles. The molecule has 1 aromatic carbocycles. The highest BCUT2D eigenvalue weighted by molar-refractivity contribution is 5.92. The average molecular weight is 334 g/mol. The van der Waals surface area contributed by atoms with Crippen LogP contribution in [0.15, 0.2) is 24.4 Å². The normalized spacial score (nSPS) is 10.2. The molecule has 24 heavy (non-hydrogen) atoms. The fourth-order valence-electron chi connectivity index (χ4n) is 2.20. The SMILES string of the molecule is COc1cc(CNC(=O)c2ncc(C)cc2F)cc(OC)c1OC. The van der Waals surface area contributed by atoms with E-state index in [4.69, 9.17) is 14.2 Å². The van der Waals surface area contributed by atoms with Gasteiger partial charge < -0.3 is 19.5 Å². The van der Waals surface area contributed by atoms with E-state index in [0.29, 0.717) is 28.4 Å². The fraction of sp³-hybridized carbons (Fsp3) is 0.294. The minimum atomic E-state index is -0.655. The standard InChI is InChI=1S/C17H19FN2O4/c1-10-5-12(18)15(19-8-10)17(21)20-9-11-6-13(22-2)16(24-4)14(7-11)23-3/h5-8H,9H2,1-4H3,(H,20,21). The topological polar surface area (TPSA) is 69.7 Å². The first kappa shape index (κ1) is 17.5. The Morgan fingerprint density at radius 2 is 1.75 bits per heavy atom. The van der Waals surface area contributed by atoms with E-state index in [1.54, 1.807) is 19.1 Å². The van der Waals surface area contributed by atoms with Crippen LogP contribution in [0.1, 0.15) is 21.6 Å². The number of ether oxygens (including phenoxy) is 3. The molecule has 7 heteroatoms. The van der Waals surface area contributed by atoms with E-state index in [9.17, 15) is 9.18 Å². The minimum absolute atomic E-state index is 0.157. The Bertz CT molecular complexity index is 724. The van der Waals surface area contributed by atoms with Crippen molar-refractivity contribution in [2.24, 2.45) is 0 Å². The van der Waals surface area contributed by atoms with Crippen LogP contribution in [-0.4, -0.2) is 32.2 Å². The van der Waals surface area contributed by atoms with Gasteiger partial charge in [-0.25, -0.2) is 9.37 Å². The van der Waals surface area contributed by atoms with E-state index < -0.39 is 11.7 Å². The zero-order valence-corrected chi connectivity index (χ0v) is 14.0. The molecule has 1 amide bonds. The van der Waals surface area contributed by atoms with Gasteiger partial charge in [0.05, 0.1) is 21.3 Å². The number of nitrogens with one attached hydrogen (secondary N) is 1.